The first-order valence-corrected chi connectivity index (χ1v) is 6.99. The van der Waals surface area contributed by atoms with Gasteiger partial charge in [0.1, 0.15) is 0 Å². The number of aliphatic hydroxyl groups excluding tert-OH is 2. The average Bonchev–Trinajstić information content (AvgIpc) is 2.44. The van der Waals surface area contributed by atoms with E-state index in [0.717, 1.165) is 24.2 Å². The maximum atomic E-state index is 12.4. The number of hydrogen-bond acceptors (Lipinski definition) is 4. The van der Waals surface area contributed by atoms with Crippen molar-refractivity contribution >= 4 is 11.6 Å². The summed E-state index contributed by atoms with van der Waals surface area (Å²) >= 11 is 0. The minimum absolute atomic E-state index is 0.110. The van der Waals surface area contributed by atoms with Crippen LogP contribution in [0.4, 0.5) is 5.69 Å². The van der Waals surface area contributed by atoms with E-state index in [1.807, 2.05) is 19.1 Å². The summed E-state index contributed by atoms with van der Waals surface area (Å²) in [5.74, 6) is -0.160. The van der Waals surface area contributed by atoms with E-state index in [9.17, 15) is 4.79 Å². The normalized spacial score (nSPS) is 10.4. The van der Waals surface area contributed by atoms with Gasteiger partial charge in [-0.05, 0) is 37.1 Å². The molecule has 5 nitrogen and oxygen atoms in total. The molecule has 1 amide bonds. The lowest BCUT2D eigenvalue weighted by molar-refractivity contribution is 0.0684. The van der Waals surface area contributed by atoms with Crippen molar-refractivity contribution in [2.45, 2.75) is 20.3 Å². The maximum absolute atomic E-state index is 12.4. The zero-order valence-electron chi connectivity index (χ0n) is 12.2. The first-order valence-electron chi connectivity index (χ1n) is 6.99. The van der Waals surface area contributed by atoms with Crippen molar-refractivity contribution < 1.29 is 15.0 Å². The second-order valence-corrected chi connectivity index (χ2v) is 4.70. The first kappa shape index (κ1) is 16.5. The Labute approximate surface area is 120 Å². The molecule has 1 rings (SSSR count). The summed E-state index contributed by atoms with van der Waals surface area (Å²) in [7, 11) is 0. The van der Waals surface area contributed by atoms with Crippen LogP contribution in [0.1, 0.15) is 29.3 Å². The number of amides is 1. The molecule has 112 valence electrons. The third-order valence-corrected chi connectivity index (χ3v) is 3.06. The fraction of sp³-hybridized carbons (Fsp3) is 0.533. The molecule has 0 aliphatic carbocycles. The highest BCUT2D eigenvalue weighted by molar-refractivity contribution is 5.96. The van der Waals surface area contributed by atoms with Crippen LogP contribution in [0, 0.1) is 6.92 Å². The van der Waals surface area contributed by atoms with Gasteiger partial charge in [0.05, 0.1) is 13.2 Å². The van der Waals surface area contributed by atoms with Gasteiger partial charge in [-0.2, -0.15) is 0 Å². The van der Waals surface area contributed by atoms with E-state index < -0.39 is 0 Å². The summed E-state index contributed by atoms with van der Waals surface area (Å²) in [6.07, 6.45) is 1.04. The van der Waals surface area contributed by atoms with E-state index in [1.54, 1.807) is 6.07 Å². The summed E-state index contributed by atoms with van der Waals surface area (Å²) in [5.41, 5.74) is 2.49. The highest BCUT2D eigenvalue weighted by Crippen LogP contribution is 2.17. The molecule has 1 aromatic rings. The minimum Gasteiger partial charge on any atom is -0.395 e. The Bertz CT molecular complexity index is 429. The number of carbonyl (C=O) groups is 1. The molecule has 3 N–H and O–H groups in total. The second-order valence-electron chi connectivity index (χ2n) is 4.70. The van der Waals surface area contributed by atoms with Crippen molar-refractivity contribution in [2.24, 2.45) is 0 Å². The molecule has 0 atom stereocenters. The summed E-state index contributed by atoms with van der Waals surface area (Å²) in [6, 6.07) is 5.61. The van der Waals surface area contributed by atoms with E-state index in [2.05, 4.69) is 12.2 Å². The molecule has 20 heavy (non-hydrogen) atoms. The van der Waals surface area contributed by atoms with Gasteiger partial charge in [0.25, 0.3) is 5.91 Å². The lowest BCUT2D eigenvalue weighted by Crippen LogP contribution is -2.36. The molecular formula is C15H24N2O3. The molecule has 0 unspecified atom stereocenters. The van der Waals surface area contributed by atoms with Crippen molar-refractivity contribution in [3.63, 3.8) is 0 Å². The van der Waals surface area contributed by atoms with Crippen LogP contribution in [-0.2, 0) is 0 Å². The summed E-state index contributed by atoms with van der Waals surface area (Å²) in [4.78, 5) is 13.8. The zero-order valence-corrected chi connectivity index (χ0v) is 12.2. The number of benzene rings is 1. The lowest BCUT2D eigenvalue weighted by atomic mass is 10.1. The molecule has 0 bridgehead atoms. The monoisotopic (exact) mass is 280 g/mol. The van der Waals surface area contributed by atoms with Gasteiger partial charge in [-0.15, -0.1) is 0 Å². The summed E-state index contributed by atoms with van der Waals surface area (Å²) in [5, 5.41) is 21.2. The SMILES string of the molecule is CCCNc1ccc(C(=O)N(CCO)CCO)c(C)c1. The van der Waals surface area contributed by atoms with Crippen LogP contribution >= 0.6 is 0 Å². The summed E-state index contributed by atoms with van der Waals surface area (Å²) < 4.78 is 0. The van der Waals surface area contributed by atoms with E-state index in [1.165, 1.54) is 4.90 Å². The second kappa shape index (κ2) is 8.55. The highest BCUT2D eigenvalue weighted by atomic mass is 16.3. The molecule has 0 heterocycles. The fourth-order valence-electron chi connectivity index (χ4n) is 2.01. The van der Waals surface area contributed by atoms with Crippen molar-refractivity contribution in [3.05, 3.63) is 29.3 Å². The van der Waals surface area contributed by atoms with Crippen molar-refractivity contribution in [1.82, 2.24) is 4.90 Å². The van der Waals surface area contributed by atoms with Crippen LogP contribution in [0.15, 0.2) is 18.2 Å². The van der Waals surface area contributed by atoms with E-state index in [-0.39, 0.29) is 32.2 Å². The minimum atomic E-state index is -0.160. The Morgan fingerprint density at radius 3 is 2.40 bits per heavy atom. The van der Waals surface area contributed by atoms with Crippen molar-refractivity contribution in [1.29, 1.82) is 0 Å². The van der Waals surface area contributed by atoms with Gasteiger partial charge in [-0.3, -0.25) is 4.79 Å². The predicted octanol–water partition coefficient (Wildman–Crippen LogP) is 1.24. The van der Waals surface area contributed by atoms with Gasteiger partial charge in [-0.25, -0.2) is 0 Å². The topological polar surface area (TPSA) is 72.8 Å². The molecule has 1 aromatic carbocycles. The summed E-state index contributed by atoms with van der Waals surface area (Å²) in [6.45, 7) is 5.12. The van der Waals surface area contributed by atoms with Crippen LogP contribution in [0.2, 0.25) is 0 Å². The Kier molecular flexibility index (Phi) is 7.04. The Balaban J connectivity index is 2.86. The van der Waals surface area contributed by atoms with Crippen LogP contribution in [0.3, 0.4) is 0 Å². The maximum Gasteiger partial charge on any atom is 0.254 e. The number of aliphatic hydroxyl groups is 2. The molecule has 0 saturated heterocycles. The third-order valence-electron chi connectivity index (χ3n) is 3.06. The quantitative estimate of drug-likeness (QED) is 0.670. The largest absolute Gasteiger partial charge is 0.395 e. The molecule has 0 spiro atoms. The van der Waals surface area contributed by atoms with Crippen LogP contribution in [-0.4, -0.2) is 53.9 Å². The predicted molar refractivity (Wildman–Crippen MR) is 80.0 cm³/mol. The fourth-order valence-corrected chi connectivity index (χ4v) is 2.01. The Morgan fingerprint density at radius 1 is 1.25 bits per heavy atom. The van der Waals surface area contributed by atoms with Crippen LogP contribution in [0.5, 0.6) is 0 Å². The molecule has 0 aliphatic heterocycles. The third kappa shape index (κ3) is 4.51. The molecule has 0 saturated carbocycles. The number of hydrogen-bond donors (Lipinski definition) is 3. The Morgan fingerprint density at radius 2 is 1.90 bits per heavy atom. The number of carbonyl (C=O) groups excluding carboxylic acids is 1. The van der Waals surface area contributed by atoms with E-state index in [4.69, 9.17) is 10.2 Å². The lowest BCUT2D eigenvalue weighted by Gasteiger charge is -2.22. The van der Waals surface area contributed by atoms with Gasteiger partial charge >= 0.3 is 0 Å². The zero-order chi connectivity index (χ0) is 15.0. The molecule has 5 heteroatoms. The van der Waals surface area contributed by atoms with Gasteiger partial charge in [-0.1, -0.05) is 6.92 Å². The average molecular weight is 280 g/mol. The smallest absolute Gasteiger partial charge is 0.254 e. The number of nitrogens with one attached hydrogen (secondary N) is 1. The molecule has 0 radical (unpaired) electrons. The van der Waals surface area contributed by atoms with Gasteiger partial charge in [0.2, 0.25) is 0 Å². The van der Waals surface area contributed by atoms with E-state index >= 15 is 0 Å². The molecular weight excluding hydrogens is 256 g/mol. The highest BCUT2D eigenvalue weighted by Gasteiger charge is 2.16. The van der Waals surface area contributed by atoms with Gasteiger partial charge < -0.3 is 20.4 Å². The molecule has 0 fully saturated rings. The number of rotatable bonds is 8. The molecule has 0 aliphatic rings. The van der Waals surface area contributed by atoms with E-state index in [0.29, 0.717) is 5.56 Å². The van der Waals surface area contributed by atoms with Crippen LogP contribution < -0.4 is 5.32 Å². The van der Waals surface area contributed by atoms with Crippen molar-refractivity contribution in [3.8, 4) is 0 Å². The Hall–Kier alpha value is -1.59. The number of anilines is 1. The number of nitrogens with zero attached hydrogens (tertiary/aromatic N) is 1. The van der Waals surface area contributed by atoms with Gasteiger partial charge in [0, 0.05) is 30.9 Å². The van der Waals surface area contributed by atoms with Crippen LogP contribution in [0.25, 0.3) is 0 Å². The number of aryl methyl sites for hydroxylation is 1. The molecule has 0 aromatic heterocycles. The van der Waals surface area contributed by atoms with Crippen molar-refractivity contribution in [2.75, 3.05) is 38.2 Å². The van der Waals surface area contributed by atoms with Gasteiger partial charge in [0.15, 0.2) is 0 Å². The standard InChI is InChI=1S/C15H24N2O3/c1-3-6-16-13-4-5-14(12(2)11-13)15(20)17(7-9-18)8-10-19/h4-5,11,16,18-19H,3,6-10H2,1-2H3. The first-order chi connectivity index (χ1) is 9.63.